The van der Waals surface area contributed by atoms with Crippen LogP contribution in [0, 0.1) is 16.7 Å². The Morgan fingerprint density at radius 1 is 1.02 bits per heavy atom. The Morgan fingerprint density at radius 2 is 1.63 bits per heavy atom. The average Bonchev–Trinajstić information content (AvgIpc) is 3.19. The molecule has 0 radical (unpaired) electrons. The van der Waals surface area contributed by atoms with Gasteiger partial charge in [0.2, 0.25) is 0 Å². The number of nitrogens with one attached hydrogen (secondary N) is 1. The topological polar surface area (TPSA) is 116 Å². The highest BCUT2D eigenvalue weighted by atomic mass is 32.2. The summed E-state index contributed by atoms with van der Waals surface area (Å²) in [5, 5.41) is 2.54. The summed E-state index contributed by atoms with van der Waals surface area (Å²) in [5.41, 5.74) is 2.28. The van der Waals surface area contributed by atoms with Crippen molar-refractivity contribution in [3.8, 4) is 0 Å². The lowest BCUT2D eigenvalue weighted by atomic mass is 9.69. The van der Waals surface area contributed by atoms with Crippen LogP contribution in [0.25, 0.3) is 0 Å². The third-order valence-corrected chi connectivity index (χ3v) is 9.65. The van der Waals surface area contributed by atoms with Crippen molar-refractivity contribution < 1.29 is 22.6 Å². The van der Waals surface area contributed by atoms with Crippen molar-refractivity contribution in [2.75, 3.05) is 12.3 Å². The number of benzene rings is 2. The van der Waals surface area contributed by atoms with Crippen molar-refractivity contribution in [1.82, 2.24) is 10.2 Å². The van der Waals surface area contributed by atoms with Crippen LogP contribution in [-0.4, -0.2) is 53.4 Å². The Kier molecular flexibility index (Phi) is 9.57. The summed E-state index contributed by atoms with van der Waals surface area (Å²) < 4.78 is 31.0. The molecule has 2 aromatic carbocycles. The number of amides is 2. The first-order valence-corrected chi connectivity index (χ1v) is 16.9. The molecule has 0 unspecified atom stereocenters. The predicted octanol–water partition coefficient (Wildman–Crippen LogP) is 6.44. The van der Waals surface area contributed by atoms with Gasteiger partial charge in [0.15, 0.2) is 0 Å². The van der Waals surface area contributed by atoms with Gasteiger partial charge in [-0.1, -0.05) is 84.0 Å². The van der Waals surface area contributed by atoms with Crippen molar-refractivity contribution in [3.63, 3.8) is 0 Å². The van der Waals surface area contributed by atoms with Gasteiger partial charge in [-0.05, 0) is 73.0 Å². The van der Waals surface area contributed by atoms with E-state index in [1.54, 1.807) is 12.1 Å². The third-order valence-electron chi connectivity index (χ3n) is 8.93. The molecule has 0 aromatic heterocycles. The van der Waals surface area contributed by atoms with Gasteiger partial charge >= 0.3 is 0 Å². The molecule has 0 saturated heterocycles. The molecule has 1 saturated carbocycles. The van der Waals surface area contributed by atoms with E-state index in [-0.39, 0.29) is 29.3 Å². The lowest BCUT2D eigenvalue weighted by Crippen LogP contribution is -2.51. The minimum Gasteiger partial charge on any atom is -0.351 e. The lowest BCUT2D eigenvalue weighted by Gasteiger charge is -2.47. The van der Waals surface area contributed by atoms with Crippen molar-refractivity contribution >= 4 is 27.6 Å². The van der Waals surface area contributed by atoms with E-state index in [9.17, 15) is 18.0 Å². The van der Waals surface area contributed by atoms with E-state index in [1.165, 1.54) is 0 Å². The second-order valence-corrected chi connectivity index (χ2v) is 16.0. The molecule has 1 fully saturated rings. The Bertz CT molecular complexity index is 1430. The first kappa shape index (κ1) is 32.9. The molecule has 1 atom stereocenters. The van der Waals surface area contributed by atoms with E-state index in [4.69, 9.17) is 9.55 Å². The molecule has 1 heterocycles. The fourth-order valence-electron chi connectivity index (χ4n) is 6.39. The molecule has 2 aliphatic rings. The van der Waals surface area contributed by atoms with E-state index in [2.05, 4.69) is 51.8 Å². The van der Waals surface area contributed by atoms with Gasteiger partial charge in [0.05, 0.1) is 11.8 Å². The Labute approximate surface area is 257 Å². The van der Waals surface area contributed by atoms with Crippen molar-refractivity contribution in [1.29, 1.82) is 0 Å². The van der Waals surface area contributed by atoms with Gasteiger partial charge in [0.1, 0.15) is 11.4 Å². The van der Waals surface area contributed by atoms with Crippen LogP contribution < -0.4 is 5.32 Å². The minimum absolute atomic E-state index is 0.0497. The van der Waals surface area contributed by atoms with Crippen LogP contribution in [0.15, 0.2) is 59.6 Å². The second-order valence-electron chi connectivity index (χ2n) is 14.4. The summed E-state index contributed by atoms with van der Waals surface area (Å²) in [6, 6.07) is 16.7. The van der Waals surface area contributed by atoms with Crippen LogP contribution in [0.4, 0.5) is 0 Å². The minimum atomic E-state index is -4.17. The quantitative estimate of drug-likeness (QED) is 0.318. The number of rotatable bonds is 9. The van der Waals surface area contributed by atoms with Gasteiger partial charge < -0.3 is 10.2 Å². The van der Waals surface area contributed by atoms with Crippen LogP contribution in [0.2, 0.25) is 0 Å². The van der Waals surface area contributed by atoms with Gasteiger partial charge in [0, 0.05) is 17.7 Å². The average molecular weight is 610 g/mol. The highest BCUT2D eigenvalue weighted by molar-refractivity contribution is 7.85. The summed E-state index contributed by atoms with van der Waals surface area (Å²) >= 11 is 0. The van der Waals surface area contributed by atoms with E-state index >= 15 is 0 Å². The number of aliphatic imine (C=N–C) groups is 1. The Morgan fingerprint density at radius 3 is 2.16 bits per heavy atom. The van der Waals surface area contributed by atoms with Gasteiger partial charge in [-0.3, -0.25) is 19.1 Å². The molecule has 1 spiro atoms. The van der Waals surface area contributed by atoms with Gasteiger partial charge in [0.25, 0.3) is 21.9 Å². The largest absolute Gasteiger partial charge is 0.351 e. The molecular weight excluding hydrogens is 562 g/mol. The molecule has 234 valence electrons. The van der Waals surface area contributed by atoms with E-state index in [1.807, 2.05) is 42.5 Å². The monoisotopic (exact) mass is 609 g/mol. The highest BCUT2D eigenvalue weighted by Gasteiger charge is 2.52. The number of carbonyl (C=O) groups excluding carboxylic acids is 2. The zero-order valence-electron chi connectivity index (χ0n) is 26.4. The summed E-state index contributed by atoms with van der Waals surface area (Å²) in [6.45, 7) is 13.3. The van der Waals surface area contributed by atoms with Gasteiger partial charge in [-0.15, -0.1) is 0 Å². The van der Waals surface area contributed by atoms with E-state index < -0.39 is 27.4 Å². The van der Waals surface area contributed by atoms with Crippen LogP contribution >= 0.6 is 0 Å². The predicted molar refractivity (Wildman–Crippen MR) is 171 cm³/mol. The molecule has 2 amide bonds. The van der Waals surface area contributed by atoms with Crippen molar-refractivity contribution in [2.45, 2.75) is 91.8 Å². The van der Waals surface area contributed by atoms with Gasteiger partial charge in [-0.2, -0.15) is 8.42 Å². The molecule has 43 heavy (non-hydrogen) atoms. The van der Waals surface area contributed by atoms with Crippen LogP contribution in [0.1, 0.15) is 108 Å². The fraction of sp³-hybridized carbons (Fsp3) is 0.559. The maximum Gasteiger partial charge on any atom is 0.275 e. The first-order chi connectivity index (χ1) is 20.0. The number of hydrogen-bond acceptors (Lipinski definition) is 5. The number of hydrogen-bond donors (Lipinski definition) is 2. The standard InChI is InChI=1S/C34H47N3O5S/c1-32(2,3)19-18-28(24-12-14-26(15-13-24)30(38)35-22-23-43(40,41)42)37-31(39)29(25-10-8-7-9-11-25)36-34(37)20-16-27(17-21-34)33(4,5)6/h7-15,27-28H,16-23H2,1-6H3,(H,35,38)(H,40,41,42)/t27?,28-,34?/m1/s1. The van der Waals surface area contributed by atoms with Gasteiger partial charge in [-0.25, -0.2) is 0 Å². The number of carbonyl (C=O) groups is 2. The molecule has 4 rings (SSSR count). The summed E-state index contributed by atoms with van der Waals surface area (Å²) in [5.74, 6) is -0.473. The molecule has 2 aromatic rings. The third kappa shape index (κ3) is 8.12. The van der Waals surface area contributed by atoms with Crippen LogP contribution in [0.5, 0.6) is 0 Å². The van der Waals surface area contributed by atoms with Crippen molar-refractivity contribution in [2.24, 2.45) is 21.7 Å². The Balaban J connectivity index is 1.69. The molecule has 1 aliphatic heterocycles. The van der Waals surface area contributed by atoms with E-state index in [0.717, 1.165) is 49.7 Å². The van der Waals surface area contributed by atoms with Crippen LogP contribution in [-0.2, 0) is 14.9 Å². The summed E-state index contributed by atoms with van der Waals surface area (Å²) in [4.78, 5) is 34.4. The second kappa shape index (κ2) is 12.5. The maximum atomic E-state index is 14.4. The summed E-state index contributed by atoms with van der Waals surface area (Å²) in [6.07, 6.45) is 5.23. The zero-order valence-corrected chi connectivity index (χ0v) is 27.2. The SMILES string of the molecule is CC(C)(C)CC[C@H](c1ccc(C(=O)NCCS(=O)(=O)O)cc1)N1C(=O)C(c2ccccc2)=NC12CCC(C(C)(C)C)CC2. The highest BCUT2D eigenvalue weighted by Crippen LogP contribution is 2.50. The van der Waals surface area contributed by atoms with Crippen molar-refractivity contribution in [3.05, 3.63) is 71.3 Å². The lowest BCUT2D eigenvalue weighted by molar-refractivity contribution is -0.134. The Hall–Kier alpha value is -3.04. The smallest absolute Gasteiger partial charge is 0.275 e. The molecular formula is C34H47N3O5S. The zero-order chi connectivity index (χ0) is 31.6. The first-order valence-electron chi connectivity index (χ1n) is 15.3. The van der Waals surface area contributed by atoms with E-state index in [0.29, 0.717) is 17.2 Å². The maximum absolute atomic E-state index is 14.4. The molecule has 9 heteroatoms. The molecule has 1 aliphatic carbocycles. The number of nitrogens with zero attached hydrogens (tertiary/aromatic N) is 2. The molecule has 0 bridgehead atoms. The normalized spacial score (nSPS) is 22.0. The molecule has 2 N–H and O–H groups in total. The summed E-state index contributed by atoms with van der Waals surface area (Å²) in [7, 11) is -4.17. The fourth-order valence-corrected chi connectivity index (χ4v) is 6.75. The van der Waals surface area contributed by atoms with Crippen LogP contribution in [0.3, 0.4) is 0 Å². The molecule has 8 nitrogen and oxygen atoms in total.